The van der Waals surface area contributed by atoms with E-state index in [4.69, 9.17) is 18.0 Å². The summed E-state index contributed by atoms with van der Waals surface area (Å²) in [6, 6.07) is 0. The second-order valence-electron chi connectivity index (χ2n) is 4.72. The topological polar surface area (TPSA) is 78.7 Å². The number of carbonyl (C=O) groups is 2. The van der Waals surface area contributed by atoms with Crippen molar-refractivity contribution < 1.29 is 9.59 Å². The lowest BCUT2D eigenvalue weighted by molar-refractivity contribution is -0.130. The Morgan fingerprint density at radius 1 is 1.47 bits per heavy atom. The van der Waals surface area contributed by atoms with Crippen molar-refractivity contribution in [3.05, 3.63) is 0 Å². The van der Waals surface area contributed by atoms with Gasteiger partial charge in [-0.25, -0.2) is 0 Å². The largest absolute Gasteiger partial charge is 0.393 e. The molecule has 2 amide bonds. The molecular weight excluding hydrogens is 264 g/mol. The van der Waals surface area contributed by atoms with Crippen molar-refractivity contribution in [3.8, 4) is 0 Å². The van der Waals surface area contributed by atoms with Crippen LogP contribution in [0.5, 0.6) is 0 Å². The van der Waals surface area contributed by atoms with Crippen LogP contribution in [0.1, 0.15) is 19.3 Å². The zero-order valence-electron chi connectivity index (χ0n) is 11.4. The van der Waals surface area contributed by atoms with Crippen LogP contribution >= 0.6 is 12.2 Å². The lowest BCUT2D eigenvalue weighted by Crippen LogP contribution is -2.35. The predicted molar refractivity (Wildman–Crippen MR) is 77.7 cm³/mol. The van der Waals surface area contributed by atoms with Crippen molar-refractivity contribution >= 4 is 29.0 Å². The second-order valence-corrected chi connectivity index (χ2v) is 5.25. The molecule has 1 aliphatic rings. The first kappa shape index (κ1) is 15.8. The summed E-state index contributed by atoms with van der Waals surface area (Å²) in [7, 11) is 1.76. The van der Waals surface area contributed by atoms with Crippen molar-refractivity contribution in [1.82, 2.24) is 15.1 Å². The van der Waals surface area contributed by atoms with Gasteiger partial charge in [-0.2, -0.15) is 0 Å². The number of rotatable bonds is 6. The smallest absolute Gasteiger partial charge is 0.223 e. The van der Waals surface area contributed by atoms with Gasteiger partial charge in [-0.05, 0) is 0 Å². The van der Waals surface area contributed by atoms with Crippen molar-refractivity contribution in [2.24, 2.45) is 5.73 Å². The summed E-state index contributed by atoms with van der Waals surface area (Å²) < 4.78 is 0. The van der Waals surface area contributed by atoms with Crippen LogP contribution in [0.2, 0.25) is 0 Å². The summed E-state index contributed by atoms with van der Waals surface area (Å²) in [5.74, 6) is 0.169. The first-order chi connectivity index (χ1) is 8.99. The molecule has 7 heteroatoms. The number of amides is 2. The van der Waals surface area contributed by atoms with Crippen LogP contribution in [-0.2, 0) is 9.59 Å². The summed E-state index contributed by atoms with van der Waals surface area (Å²) in [5.41, 5.74) is 5.41. The van der Waals surface area contributed by atoms with Crippen LogP contribution in [0.15, 0.2) is 0 Å². The number of nitrogens with one attached hydrogen (secondary N) is 1. The Labute approximate surface area is 119 Å². The number of carbonyl (C=O) groups excluding carboxylic acids is 2. The molecule has 0 aliphatic carbocycles. The Hall–Kier alpha value is -1.21. The molecular formula is C12H22N4O2S. The van der Waals surface area contributed by atoms with E-state index in [9.17, 15) is 9.59 Å². The van der Waals surface area contributed by atoms with E-state index < -0.39 is 0 Å². The summed E-state index contributed by atoms with van der Waals surface area (Å²) in [5, 5.41) is 2.81. The van der Waals surface area contributed by atoms with E-state index in [-0.39, 0.29) is 11.8 Å². The van der Waals surface area contributed by atoms with Gasteiger partial charge in [-0.15, -0.1) is 0 Å². The Morgan fingerprint density at radius 3 is 2.89 bits per heavy atom. The second kappa shape index (κ2) is 8.06. The lowest BCUT2D eigenvalue weighted by Gasteiger charge is -2.21. The van der Waals surface area contributed by atoms with Gasteiger partial charge < -0.3 is 20.9 Å². The van der Waals surface area contributed by atoms with Crippen molar-refractivity contribution in [3.63, 3.8) is 0 Å². The molecule has 0 aromatic rings. The molecule has 0 atom stereocenters. The highest BCUT2D eigenvalue weighted by molar-refractivity contribution is 7.80. The molecule has 0 radical (unpaired) electrons. The number of hydrogen-bond acceptors (Lipinski definition) is 4. The number of nitrogens with zero attached hydrogens (tertiary/aromatic N) is 2. The standard InChI is InChI=1S/C12H22N4O2S/c1-15(6-2-10(13)19)12(18)4-8-16-7-3-11(17)14-5-9-16/h2-9H2,1H3,(H2,13,19)(H,14,17). The maximum absolute atomic E-state index is 11.9. The zero-order valence-corrected chi connectivity index (χ0v) is 12.2. The monoisotopic (exact) mass is 286 g/mol. The summed E-state index contributed by atoms with van der Waals surface area (Å²) >= 11 is 4.79. The van der Waals surface area contributed by atoms with Crippen LogP contribution in [0, 0.1) is 0 Å². The number of thiocarbonyl (C=S) groups is 1. The highest BCUT2D eigenvalue weighted by Crippen LogP contribution is 2.00. The maximum Gasteiger partial charge on any atom is 0.223 e. The van der Waals surface area contributed by atoms with Gasteiger partial charge in [0.2, 0.25) is 11.8 Å². The SMILES string of the molecule is CN(CCC(N)=S)C(=O)CCN1CCNC(=O)CC1. The molecule has 0 bridgehead atoms. The minimum atomic E-state index is 0.0831. The molecule has 1 heterocycles. The lowest BCUT2D eigenvalue weighted by atomic mass is 10.3. The van der Waals surface area contributed by atoms with Crippen LogP contribution in [0.25, 0.3) is 0 Å². The van der Waals surface area contributed by atoms with E-state index >= 15 is 0 Å². The fraction of sp³-hybridized carbons (Fsp3) is 0.750. The fourth-order valence-corrected chi connectivity index (χ4v) is 1.98. The minimum Gasteiger partial charge on any atom is -0.393 e. The summed E-state index contributed by atoms with van der Waals surface area (Å²) in [6.45, 7) is 3.43. The highest BCUT2D eigenvalue weighted by Gasteiger charge is 2.15. The molecule has 1 aliphatic heterocycles. The van der Waals surface area contributed by atoms with E-state index in [0.717, 1.165) is 13.1 Å². The van der Waals surface area contributed by atoms with Crippen molar-refractivity contribution in [2.75, 3.05) is 39.8 Å². The Kier molecular flexibility index (Phi) is 6.72. The molecule has 19 heavy (non-hydrogen) atoms. The van der Waals surface area contributed by atoms with Crippen LogP contribution in [0.4, 0.5) is 0 Å². The quantitative estimate of drug-likeness (QED) is 0.633. The molecule has 3 N–H and O–H groups in total. The van der Waals surface area contributed by atoms with E-state index in [1.165, 1.54) is 0 Å². The molecule has 0 aromatic carbocycles. The minimum absolute atomic E-state index is 0.0831. The third-order valence-corrected chi connectivity index (χ3v) is 3.37. The number of nitrogens with two attached hydrogens (primary N) is 1. The van der Waals surface area contributed by atoms with Crippen LogP contribution in [0.3, 0.4) is 0 Å². The molecule has 0 saturated carbocycles. The first-order valence-corrected chi connectivity index (χ1v) is 6.91. The molecule has 108 valence electrons. The van der Waals surface area contributed by atoms with Gasteiger partial charge in [-0.3, -0.25) is 9.59 Å². The summed E-state index contributed by atoms with van der Waals surface area (Å²) in [4.78, 5) is 27.3. The summed E-state index contributed by atoms with van der Waals surface area (Å²) in [6.07, 6.45) is 1.52. The van der Waals surface area contributed by atoms with E-state index in [1.807, 2.05) is 0 Å². The van der Waals surface area contributed by atoms with E-state index in [1.54, 1.807) is 11.9 Å². The zero-order chi connectivity index (χ0) is 14.3. The number of hydrogen-bond donors (Lipinski definition) is 2. The van der Waals surface area contributed by atoms with Gasteiger partial charge in [0.25, 0.3) is 0 Å². The fourth-order valence-electron chi connectivity index (χ4n) is 1.88. The molecule has 1 fully saturated rings. The van der Waals surface area contributed by atoms with Gasteiger partial charge in [0, 0.05) is 59.0 Å². The average molecular weight is 286 g/mol. The molecule has 0 unspecified atom stereocenters. The third-order valence-electron chi connectivity index (χ3n) is 3.17. The van der Waals surface area contributed by atoms with Crippen LogP contribution < -0.4 is 11.1 Å². The molecule has 6 nitrogen and oxygen atoms in total. The van der Waals surface area contributed by atoms with Gasteiger partial charge in [0.1, 0.15) is 0 Å². The molecule has 1 rings (SSSR count). The molecule has 0 aromatic heterocycles. The van der Waals surface area contributed by atoms with Crippen molar-refractivity contribution in [2.45, 2.75) is 19.3 Å². The van der Waals surface area contributed by atoms with E-state index in [2.05, 4.69) is 10.2 Å². The highest BCUT2D eigenvalue weighted by atomic mass is 32.1. The predicted octanol–water partition coefficient (Wildman–Crippen LogP) is -0.667. The maximum atomic E-state index is 11.9. The van der Waals surface area contributed by atoms with Gasteiger partial charge in [-0.1, -0.05) is 12.2 Å². The van der Waals surface area contributed by atoms with Crippen molar-refractivity contribution in [1.29, 1.82) is 0 Å². The van der Waals surface area contributed by atoms with Crippen LogP contribution in [-0.4, -0.2) is 66.4 Å². The molecule has 0 spiro atoms. The Morgan fingerprint density at radius 2 is 2.21 bits per heavy atom. The average Bonchev–Trinajstić information content (AvgIpc) is 2.57. The van der Waals surface area contributed by atoms with Gasteiger partial charge in [0.05, 0.1) is 4.99 Å². The van der Waals surface area contributed by atoms with Gasteiger partial charge >= 0.3 is 0 Å². The first-order valence-electron chi connectivity index (χ1n) is 6.50. The van der Waals surface area contributed by atoms with Gasteiger partial charge in [0.15, 0.2) is 0 Å². The third kappa shape index (κ3) is 6.49. The van der Waals surface area contributed by atoms with E-state index in [0.29, 0.717) is 43.9 Å². The Bertz CT molecular complexity index is 349. The normalized spacial score (nSPS) is 16.6. The Balaban J connectivity index is 2.25. The molecule has 1 saturated heterocycles.